The van der Waals surface area contributed by atoms with Crippen LogP contribution in [0.3, 0.4) is 0 Å². The summed E-state index contributed by atoms with van der Waals surface area (Å²) in [5.41, 5.74) is 13.0. The molecule has 0 radical (unpaired) electrons. The van der Waals surface area contributed by atoms with Crippen molar-refractivity contribution in [1.82, 2.24) is 14.5 Å². The monoisotopic (exact) mass is 765 g/mol. The largest absolute Gasteiger partial charge is 0.309 e. The highest BCUT2D eigenvalue weighted by Crippen LogP contribution is 2.46. The van der Waals surface area contributed by atoms with Gasteiger partial charge in [-0.1, -0.05) is 86.6 Å². The average Bonchev–Trinajstić information content (AvgIpc) is 3.95. The van der Waals surface area contributed by atoms with Gasteiger partial charge in [-0.2, -0.15) is 0 Å². The number of thiophene rings is 1. The number of thiazole rings is 2. The molecular formula is C49H39N3S3. The third kappa shape index (κ3) is 5.57. The Kier molecular flexibility index (Phi) is 7.97. The van der Waals surface area contributed by atoms with Gasteiger partial charge in [0.1, 0.15) is 10.0 Å². The molecule has 6 aromatic carbocycles. The highest BCUT2D eigenvalue weighted by Gasteiger charge is 2.26. The molecule has 6 heteroatoms. The normalized spacial score (nSPS) is 12.2. The lowest BCUT2D eigenvalue weighted by Crippen LogP contribution is -2.18. The number of aryl methyl sites for hydroxylation is 4. The Labute approximate surface area is 333 Å². The fourth-order valence-electron chi connectivity index (χ4n) is 8.00. The Bertz CT molecular complexity index is 3080. The van der Waals surface area contributed by atoms with E-state index in [1.807, 2.05) is 11.3 Å². The van der Waals surface area contributed by atoms with E-state index >= 15 is 0 Å². The summed E-state index contributed by atoms with van der Waals surface area (Å²) in [6.07, 6.45) is 0. The zero-order chi connectivity index (χ0) is 37.6. The van der Waals surface area contributed by atoms with Crippen LogP contribution in [-0.4, -0.2) is 14.5 Å². The quantitative estimate of drug-likeness (QED) is 0.169. The number of para-hydroxylation sites is 2. The Hall–Kier alpha value is -5.40. The molecule has 4 aromatic heterocycles. The first-order chi connectivity index (χ1) is 26.6. The van der Waals surface area contributed by atoms with Gasteiger partial charge in [-0.3, -0.25) is 0 Å². The zero-order valence-corrected chi connectivity index (χ0v) is 34.1. The number of hydrogen-bond acceptors (Lipinski definition) is 5. The second kappa shape index (κ2) is 12.8. The van der Waals surface area contributed by atoms with E-state index in [0.29, 0.717) is 0 Å². The van der Waals surface area contributed by atoms with Gasteiger partial charge in [0.05, 0.1) is 22.4 Å². The second-order valence-corrected chi connectivity index (χ2v) is 18.6. The lowest BCUT2D eigenvalue weighted by molar-refractivity contribution is 0.642. The minimum atomic E-state index is -0.251. The summed E-state index contributed by atoms with van der Waals surface area (Å²) in [7, 11) is 0. The predicted molar refractivity (Wildman–Crippen MR) is 239 cm³/mol. The molecule has 0 spiro atoms. The van der Waals surface area contributed by atoms with Crippen LogP contribution in [0.1, 0.15) is 46.1 Å². The highest BCUT2D eigenvalue weighted by molar-refractivity contribution is 7.26. The molecule has 0 aliphatic carbocycles. The van der Waals surface area contributed by atoms with Gasteiger partial charge in [-0.15, -0.1) is 34.0 Å². The predicted octanol–water partition coefficient (Wildman–Crippen LogP) is 14.6. The summed E-state index contributed by atoms with van der Waals surface area (Å²) in [6, 6.07) is 47.4. The summed E-state index contributed by atoms with van der Waals surface area (Å²) in [5.74, 6) is 0. The second-order valence-electron chi connectivity index (χ2n) is 15.2. The van der Waals surface area contributed by atoms with Crippen LogP contribution in [0.25, 0.3) is 79.9 Å². The smallest absolute Gasteiger partial charge is 0.123 e. The molecule has 0 aliphatic heterocycles. The lowest BCUT2D eigenvalue weighted by Gasteiger charge is -2.27. The molecule has 4 heterocycles. The van der Waals surface area contributed by atoms with E-state index in [1.165, 1.54) is 90.8 Å². The van der Waals surface area contributed by atoms with E-state index < -0.39 is 0 Å². The molecular weight excluding hydrogens is 727 g/mol. The Morgan fingerprint density at radius 1 is 0.491 bits per heavy atom. The average molecular weight is 766 g/mol. The Morgan fingerprint density at radius 2 is 1.16 bits per heavy atom. The van der Waals surface area contributed by atoms with Gasteiger partial charge in [-0.05, 0) is 99.0 Å². The SMILES string of the molecule is Cc1nc(-c2ccc3sc4c(-c5cccc(C(C)(C)c6ccc7c(c6)c6ccccc6n7-c6ccccc6)c5)cc(-c5nc(C)c(C)s5)cc4c3c2)sc1C. The van der Waals surface area contributed by atoms with Gasteiger partial charge in [0.15, 0.2) is 0 Å². The number of benzene rings is 6. The third-order valence-corrected chi connectivity index (χ3v) is 14.9. The molecule has 0 saturated carbocycles. The molecule has 55 heavy (non-hydrogen) atoms. The molecule has 0 fully saturated rings. The van der Waals surface area contributed by atoms with E-state index in [2.05, 4.69) is 174 Å². The van der Waals surface area contributed by atoms with Crippen molar-refractivity contribution in [2.75, 3.05) is 0 Å². The fraction of sp³-hybridized carbons (Fsp3) is 0.143. The van der Waals surface area contributed by atoms with Crippen molar-refractivity contribution in [3.63, 3.8) is 0 Å². The van der Waals surface area contributed by atoms with Gasteiger partial charge in [0.25, 0.3) is 0 Å². The molecule has 268 valence electrons. The molecule has 10 rings (SSSR count). The molecule has 0 unspecified atom stereocenters. The Morgan fingerprint density at radius 3 is 1.91 bits per heavy atom. The maximum Gasteiger partial charge on any atom is 0.123 e. The fourth-order valence-corrected chi connectivity index (χ4v) is 11.0. The molecule has 0 bridgehead atoms. The van der Waals surface area contributed by atoms with Gasteiger partial charge in [0.2, 0.25) is 0 Å². The van der Waals surface area contributed by atoms with Crippen molar-refractivity contribution in [2.45, 2.75) is 47.0 Å². The van der Waals surface area contributed by atoms with Crippen molar-refractivity contribution in [3.05, 3.63) is 160 Å². The molecule has 0 atom stereocenters. The summed E-state index contributed by atoms with van der Waals surface area (Å²) in [6.45, 7) is 13.3. The van der Waals surface area contributed by atoms with Crippen LogP contribution in [0.5, 0.6) is 0 Å². The third-order valence-electron chi connectivity index (χ3n) is 11.4. The van der Waals surface area contributed by atoms with Crippen LogP contribution in [0.2, 0.25) is 0 Å². The van der Waals surface area contributed by atoms with E-state index in [-0.39, 0.29) is 5.41 Å². The minimum Gasteiger partial charge on any atom is -0.309 e. The topological polar surface area (TPSA) is 30.7 Å². The standard InChI is InChI=1S/C49H39N3S3/c1-28-30(3)53-47(50-28)33-19-22-45-41(24-33)42-26-34(48-51-29(2)31(4)54-48)25-39(46(42)55-45)32-13-12-14-35(23-32)49(5,6)36-20-21-44-40(27-36)38-17-10-11-18-43(38)52(44)37-15-8-7-9-16-37/h7-27H,1-6H3. The van der Waals surface area contributed by atoms with Crippen molar-refractivity contribution >= 4 is 76.0 Å². The van der Waals surface area contributed by atoms with Gasteiger partial charge in [-0.25, -0.2) is 9.97 Å². The minimum absolute atomic E-state index is 0.251. The van der Waals surface area contributed by atoms with E-state index in [9.17, 15) is 0 Å². The summed E-state index contributed by atoms with van der Waals surface area (Å²) in [5, 5.41) is 7.24. The zero-order valence-electron chi connectivity index (χ0n) is 31.7. The van der Waals surface area contributed by atoms with Gasteiger partial charge >= 0.3 is 0 Å². The first kappa shape index (κ1) is 34.1. The molecule has 0 saturated heterocycles. The van der Waals surface area contributed by atoms with Gasteiger partial charge in [0, 0.05) is 68.5 Å². The molecule has 10 aromatic rings. The molecule has 3 nitrogen and oxygen atoms in total. The van der Waals surface area contributed by atoms with Crippen LogP contribution in [0.4, 0.5) is 0 Å². The summed E-state index contributed by atoms with van der Waals surface area (Å²) in [4.78, 5) is 12.5. The van der Waals surface area contributed by atoms with Crippen LogP contribution >= 0.6 is 34.0 Å². The van der Waals surface area contributed by atoms with E-state index in [4.69, 9.17) is 9.97 Å². The highest BCUT2D eigenvalue weighted by atomic mass is 32.1. The van der Waals surface area contributed by atoms with Crippen LogP contribution < -0.4 is 0 Å². The number of rotatable bonds is 6. The maximum atomic E-state index is 5.04. The summed E-state index contributed by atoms with van der Waals surface area (Å²) < 4.78 is 4.98. The number of aromatic nitrogens is 3. The lowest BCUT2D eigenvalue weighted by atomic mass is 9.77. The summed E-state index contributed by atoms with van der Waals surface area (Å²) >= 11 is 5.44. The number of fused-ring (bicyclic) bond motifs is 6. The van der Waals surface area contributed by atoms with Crippen LogP contribution in [0.15, 0.2) is 127 Å². The number of hydrogen-bond donors (Lipinski definition) is 0. The van der Waals surface area contributed by atoms with Crippen molar-refractivity contribution in [3.8, 4) is 38.0 Å². The van der Waals surface area contributed by atoms with Crippen LogP contribution in [0, 0.1) is 27.7 Å². The molecule has 0 amide bonds. The molecule has 0 N–H and O–H groups in total. The maximum absolute atomic E-state index is 5.04. The first-order valence-corrected chi connectivity index (χ1v) is 21.2. The first-order valence-electron chi connectivity index (χ1n) is 18.7. The number of nitrogens with zero attached hydrogens (tertiary/aromatic N) is 3. The van der Waals surface area contributed by atoms with Crippen LogP contribution in [-0.2, 0) is 5.41 Å². The van der Waals surface area contributed by atoms with Crippen molar-refractivity contribution in [1.29, 1.82) is 0 Å². The van der Waals surface area contributed by atoms with E-state index in [0.717, 1.165) is 21.4 Å². The van der Waals surface area contributed by atoms with E-state index in [1.54, 1.807) is 22.7 Å². The molecule has 0 aliphatic rings. The van der Waals surface area contributed by atoms with Crippen molar-refractivity contribution < 1.29 is 0 Å². The van der Waals surface area contributed by atoms with Crippen molar-refractivity contribution in [2.24, 2.45) is 0 Å². The Balaban J connectivity index is 1.13. The van der Waals surface area contributed by atoms with Gasteiger partial charge < -0.3 is 4.57 Å².